The number of sulfonamides is 1. The van der Waals surface area contributed by atoms with Crippen LogP contribution in [0.1, 0.15) is 61.8 Å². The molecule has 7 heteroatoms. The Hall–Kier alpha value is -2.02. The maximum Gasteiger partial charge on any atom is 0.416 e. The molecule has 27 heavy (non-hydrogen) atoms. The van der Waals surface area contributed by atoms with Crippen molar-refractivity contribution in [1.29, 1.82) is 0 Å². The van der Waals surface area contributed by atoms with Crippen LogP contribution in [-0.2, 0) is 16.2 Å². The summed E-state index contributed by atoms with van der Waals surface area (Å²) in [7, 11) is -4.06. The summed E-state index contributed by atoms with van der Waals surface area (Å²) in [4.78, 5) is 0.144. The van der Waals surface area contributed by atoms with E-state index in [0.717, 1.165) is 12.1 Å². The molecule has 2 aromatic carbocycles. The number of hydrogen-bond donors (Lipinski definition) is 1. The third kappa shape index (κ3) is 4.83. The fourth-order valence-corrected chi connectivity index (χ4v) is 4.76. The zero-order valence-electron chi connectivity index (χ0n) is 16.0. The number of rotatable bonds is 5. The van der Waals surface area contributed by atoms with E-state index >= 15 is 0 Å². The number of nitrogens with one attached hydrogen (secondary N) is 1. The molecule has 2 rings (SSSR count). The normalized spacial score (nSPS) is 12.7. The van der Waals surface area contributed by atoms with Crippen molar-refractivity contribution >= 4 is 15.7 Å². The number of hydrogen-bond acceptors (Lipinski definition) is 2. The predicted molar refractivity (Wildman–Crippen MR) is 102 cm³/mol. The van der Waals surface area contributed by atoms with Gasteiger partial charge < -0.3 is 0 Å². The van der Waals surface area contributed by atoms with Gasteiger partial charge in [-0.1, -0.05) is 45.9 Å². The van der Waals surface area contributed by atoms with E-state index in [-0.39, 0.29) is 22.4 Å². The third-order valence-electron chi connectivity index (χ3n) is 4.25. The molecule has 0 unspecified atom stereocenters. The number of benzene rings is 2. The van der Waals surface area contributed by atoms with Crippen LogP contribution in [0, 0.1) is 6.92 Å². The van der Waals surface area contributed by atoms with Gasteiger partial charge in [-0.3, -0.25) is 4.72 Å². The SMILES string of the molecule is Cc1cc(NS(=O)(=O)c2c(C(C)C)cccc2C(C)C)cc(C(F)(F)F)c1. The third-order valence-corrected chi connectivity index (χ3v) is 5.76. The Labute approximate surface area is 158 Å². The van der Waals surface area contributed by atoms with Crippen LogP contribution in [0.2, 0.25) is 0 Å². The zero-order valence-corrected chi connectivity index (χ0v) is 16.8. The summed E-state index contributed by atoms with van der Waals surface area (Å²) in [6.45, 7) is 9.02. The molecule has 0 atom stereocenters. The summed E-state index contributed by atoms with van der Waals surface area (Å²) in [6, 6.07) is 8.47. The maximum absolute atomic E-state index is 13.1. The Morgan fingerprint density at radius 2 is 1.44 bits per heavy atom. The molecule has 0 fully saturated rings. The number of aryl methyl sites for hydroxylation is 1. The molecule has 0 bridgehead atoms. The standard InChI is InChI=1S/C20H24F3NO2S/c1-12(2)17-7-6-8-18(13(3)4)19(17)27(25,26)24-16-10-14(5)9-15(11-16)20(21,22)23/h6-13,24H,1-5H3. The first-order valence-corrected chi connectivity index (χ1v) is 10.2. The largest absolute Gasteiger partial charge is 0.416 e. The lowest BCUT2D eigenvalue weighted by atomic mass is 9.95. The van der Waals surface area contributed by atoms with Crippen molar-refractivity contribution in [3.05, 3.63) is 58.7 Å². The Bertz CT molecular complexity index is 906. The Morgan fingerprint density at radius 1 is 0.926 bits per heavy atom. The van der Waals surface area contributed by atoms with Gasteiger partial charge in [0.25, 0.3) is 10.0 Å². The van der Waals surface area contributed by atoms with Gasteiger partial charge in [-0.05, 0) is 53.6 Å². The van der Waals surface area contributed by atoms with Crippen LogP contribution in [0.15, 0.2) is 41.3 Å². The summed E-state index contributed by atoms with van der Waals surface area (Å²) in [5.74, 6) is -0.114. The minimum Gasteiger partial charge on any atom is -0.280 e. The molecule has 1 N–H and O–H groups in total. The van der Waals surface area contributed by atoms with E-state index in [2.05, 4.69) is 4.72 Å². The fraction of sp³-hybridized carbons (Fsp3) is 0.400. The van der Waals surface area contributed by atoms with Gasteiger partial charge in [0, 0.05) is 5.69 Å². The Balaban J connectivity index is 2.60. The van der Waals surface area contributed by atoms with Crippen LogP contribution in [0.25, 0.3) is 0 Å². The lowest BCUT2D eigenvalue weighted by molar-refractivity contribution is -0.137. The van der Waals surface area contributed by atoms with Crippen molar-refractivity contribution < 1.29 is 21.6 Å². The zero-order chi connectivity index (χ0) is 20.6. The van der Waals surface area contributed by atoms with Gasteiger partial charge in [-0.25, -0.2) is 8.42 Å². The van der Waals surface area contributed by atoms with E-state index < -0.39 is 21.8 Å². The van der Waals surface area contributed by atoms with Gasteiger partial charge in [0.1, 0.15) is 0 Å². The molecule has 0 radical (unpaired) electrons. The average Bonchev–Trinajstić information content (AvgIpc) is 2.52. The molecule has 0 saturated heterocycles. The molecule has 148 valence electrons. The van der Waals surface area contributed by atoms with Crippen LogP contribution in [0.3, 0.4) is 0 Å². The van der Waals surface area contributed by atoms with Crippen molar-refractivity contribution in [2.24, 2.45) is 0 Å². The van der Waals surface area contributed by atoms with E-state index in [9.17, 15) is 21.6 Å². The van der Waals surface area contributed by atoms with Crippen LogP contribution >= 0.6 is 0 Å². The lowest BCUT2D eigenvalue weighted by Crippen LogP contribution is -2.19. The quantitative estimate of drug-likeness (QED) is 0.664. The molecule has 0 spiro atoms. The summed E-state index contributed by atoms with van der Waals surface area (Å²) in [5, 5.41) is 0. The molecular weight excluding hydrogens is 375 g/mol. The van der Waals surface area contributed by atoms with E-state index in [1.54, 1.807) is 18.2 Å². The Kier molecular flexibility index (Phi) is 5.94. The second-order valence-corrected chi connectivity index (χ2v) is 8.89. The van der Waals surface area contributed by atoms with E-state index in [1.165, 1.54) is 13.0 Å². The summed E-state index contributed by atoms with van der Waals surface area (Å²) >= 11 is 0. The van der Waals surface area contributed by atoms with Crippen LogP contribution in [0.4, 0.5) is 18.9 Å². The van der Waals surface area contributed by atoms with Gasteiger partial charge in [-0.15, -0.1) is 0 Å². The smallest absolute Gasteiger partial charge is 0.280 e. The van der Waals surface area contributed by atoms with Gasteiger partial charge in [0.05, 0.1) is 10.5 Å². The monoisotopic (exact) mass is 399 g/mol. The maximum atomic E-state index is 13.1. The second kappa shape index (κ2) is 7.54. The molecular formula is C20H24F3NO2S. The summed E-state index contributed by atoms with van der Waals surface area (Å²) < 4.78 is 67.8. The van der Waals surface area contributed by atoms with E-state index in [1.807, 2.05) is 27.7 Å². The van der Waals surface area contributed by atoms with Crippen LogP contribution in [-0.4, -0.2) is 8.42 Å². The summed E-state index contributed by atoms with van der Waals surface area (Å²) in [6.07, 6.45) is -4.55. The second-order valence-electron chi connectivity index (χ2n) is 7.27. The molecule has 0 amide bonds. The van der Waals surface area contributed by atoms with Crippen LogP contribution in [0.5, 0.6) is 0 Å². The highest BCUT2D eigenvalue weighted by Crippen LogP contribution is 2.35. The predicted octanol–water partition coefficient (Wildman–Crippen LogP) is 6.06. The molecule has 2 aromatic rings. The van der Waals surface area contributed by atoms with Crippen molar-refractivity contribution in [2.45, 2.75) is 57.5 Å². The van der Waals surface area contributed by atoms with Gasteiger partial charge in [0.2, 0.25) is 0 Å². The number of alkyl halides is 3. The Morgan fingerprint density at radius 3 is 1.89 bits per heavy atom. The summed E-state index contributed by atoms with van der Waals surface area (Å²) in [5.41, 5.74) is 0.607. The van der Waals surface area contributed by atoms with Crippen molar-refractivity contribution in [1.82, 2.24) is 0 Å². The fourth-order valence-electron chi connectivity index (χ4n) is 3.00. The average molecular weight is 399 g/mol. The first-order valence-electron chi connectivity index (χ1n) is 8.67. The first-order chi connectivity index (χ1) is 12.3. The van der Waals surface area contributed by atoms with E-state index in [4.69, 9.17) is 0 Å². The highest BCUT2D eigenvalue weighted by molar-refractivity contribution is 7.92. The number of anilines is 1. The van der Waals surface area contributed by atoms with E-state index in [0.29, 0.717) is 16.7 Å². The van der Waals surface area contributed by atoms with Gasteiger partial charge in [-0.2, -0.15) is 13.2 Å². The molecule has 0 aliphatic rings. The molecule has 3 nitrogen and oxygen atoms in total. The lowest BCUT2D eigenvalue weighted by Gasteiger charge is -2.20. The van der Waals surface area contributed by atoms with Crippen LogP contribution < -0.4 is 4.72 Å². The molecule has 0 aliphatic carbocycles. The van der Waals surface area contributed by atoms with Crippen molar-refractivity contribution in [2.75, 3.05) is 4.72 Å². The molecule has 0 aromatic heterocycles. The van der Waals surface area contributed by atoms with Crippen molar-refractivity contribution in [3.8, 4) is 0 Å². The van der Waals surface area contributed by atoms with Gasteiger partial charge >= 0.3 is 6.18 Å². The topological polar surface area (TPSA) is 46.2 Å². The first kappa shape index (κ1) is 21.3. The molecule has 0 saturated carbocycles. The van der Waals surface area contributed by atoms with Gasteiger partial charge in [0.15, 0.2) is 0 Å². The molecule has 0 aliphatic heterocycles. The van der Waals surface area contributed by atoms with Crippen molar-refractivity contribution in [3.63, 3.8) is 0 Å². The minimum absolute atomic E-state index is 0.0569. The number of halogens is 3. The minimum atomic E-state index is -4.55. The highest BCUT2D eigenvalue weighted by Gasteiger charge is 2.32. The highest BCUT2D eigenvalue weighted by atomic mass is 32.2. The molecule has 0 heterocycles.